The highest BCUT2D eigenvalue weighted by Gasteiger charge is 2.45. The van der Waals surface area contributed by atoms with Gasteiger partial charge in [-0.1, -0.05) is 0 Å². The van der Waals surface area contributed by atoms with E-state index in [-0.39, 0.29) is 12.0 Å². The maximum atomic E-state index is 12.6. The molecule has 0 spiro atoms. The number of nitrogens with zero attached hydrogens (tertiary/aromatic N) is 2. The van der Waals surface area contributed by atoms with Gasteiger partial charge >= 0.3 is 6.09 Å². The molecule has 1 unspecified atom stereocenters. The van der Waals surface area contributed by atoms with Crippen molar-refractivity contribution in [1.82, 2.24) is 9.80 Å². The zero-order valence-electron chi connectivity index (χ0n) is 13.1. The number of rotatable bonds is 1. The van der Waals surface area contributed by atoms with Crippen molar-refractivity contribution in [2.45, 2.75) is 52.6 Å². The van der Waals surface area contributed by atoms with Crippen molar-refractivity contribution < 1.29 is 14.3 Å². The SMILES string of the molecule is CC(C)(C)OC(=O)N1CCC(C)(C(=O)N2CCCC2)C1. The van der Waals surface area contributed by atoms with Crippen LogP contribution in [0.4, 0.5) is 4.79 Å². The molecule has 0 aromatic heterocycles. The van der Waals surface area contributed by atoms with Crippen LogP contribution in [-0.2, 0) is 9.53 Å². The van der Waals surface area contributed by atoms with Crippen LogP contribution < -0.4 is 0 Å². The van der Waals surface area contributed by atoms with Crippen molar-refractivity contribution in [3.63, 3.8) is 0 Å². The molecular weight excluding hydrogens is 256 g/mol. The van der Waals surface area contributed by atoms with Gasteiger partial charge < -0.3 is 14.5 Å². The normalized spacial score (nSPS) is 27.0. The molecule has 2 amide bonds. The molecule has 1 atom stereocenters. The molecule has 2 aliphatic heterocycles. The van der Waals surface area contributed by atoms with Crippen LogP contribution in [0, 0.1) is 5.41 Å². The Kier molecular flexibility index (Phi) is 3.98. The van der Waals surface area contributed by atoms with E-state index in [2.05, 4.69) is 0 Å². The fourth-order valence-corrected chi connectivity index (χ4v) is 2.92. The Morgan fingerprint density at radius 1 is 1.05 bits per heavy atom. The van der Waals surface area contributed by atoms with Gasteiger partial charge in [0.2, 0.25) is 5.91 Å². The molecule has 5 heteroatoms. The van der Waals surface area contributed by atoms with Crippen molar-refractivity contribution >= 4 is 12.0 Å². The first-order chi connectivity index (χ1) is 9.21. The highest BCUT2D eigenvalue weighted by atomic mass is 16.6. The monoisotopic (exact) mass is 282 g/mol. The molecule has 0 saturated carbocycles. The third-order valence-electron chi connectivity index (χ3n) is 4.03. The first-order valence-corrected chi connectivity index (χ1v) is 7.49. The fourth-order valence-electron chi connectivity index (χ4n) is 2.92. The number of hydrogen-bond donors (Lipinski definition) is 0. The molecule has 0 aromatic carbocycles. The van der Waals surface area contributed by atoms with Crippen LogP contribution in [0.15, 0.2) is 0 Å². The summed E-state index contributed by atoms with van der Waals surface area (Å²) in [5, 5.41) is 0. The Labute approximate surface area is 121 Å². The molecule has 2 aliphatic rings. The van der Waals surface area contributed by atoms with Gasteiger partial charge in [-0.3, -0.25) is 4.79 Å². The zero-order valence-corrected chi connectivity index (χ0v) is 13.1. The molecule has 114 valence electrons. The van der Waals surface area contributed by atoms with E-state index >= 15 is 0 Å². The van der Waals surface area contributed by atoms with Gasteiger partial charge in [-0.05, 0) is 47.0 Å². The molecule has 0 aliphatic carbocycles. The average Bonchev–Trinajstić information content (AvgIpc) is 2.95. The minimum absolute atomic E-state index is 0.195. The Bertz CT molecular complexity index is 396. The summed E-state index contributed by atoms with van der Waals surface area (Å²) in [6.07, 6.45) is 2.60. The smallest absolute Gasteiger partial charge is 0.410 e. The van der Waals surface area contributed by atoms with Gasteiger partial charge in [0.15, 0.2) is 0 Å². The van der Waals surface area contributed by atoms with E-state index in [9.17, 15) is 9.59 Å². The molecule has 0 bridgehead atoms. The number of carbonyl (C=O) groups is 2. The molecule has 2 fully saturated rings. The zero-order chi connectivity index (χ0) is 15.0. The second-order valence-electron chi connectivity index (χ2n) is 7.21. The Balaban J connectivity index is 1.96. The van der Waals surface area contributed by atoms with E-state index in [0.29, 0.717) is 13.1 Å². The third kappa shape index (κ3) is 3.25. The standard InChI is InChI=1S/C15H26N2O3/c1-14(2,3)20-13(19)17-10-7-15(4,11-17)12(18)16-8-5-6-9-16/h5-11H2,1-4H3. The van der Waals surface area contributed by atoms with E-state index in [1.54, 1.807) is 4.90 Å². The van der Waals surface area contributed by atoms with E-state index in [1.807, 2.05) is 32.6 Å². The number of ether oxygens (including phenoxy) is 1. The molecular formula is C15H26N2O3. The first-order valence-electron chi connectivity index (χ1n) is 7.49. The maximum Gasteiger partial charge on any atom is 0.410 e. The molecule has 20 heavy (non-hydrogen) atoms. The summed E-state index contributed by atoms with van der Waals surface area (Å²) in [6, 6.07) is 0. The van der Waals surface area contributed by atoms with E-state index in [0.717, 1.165) is 32.4 Å². The molecule has 5 nitrogen and oxygen atoms in total. The predicted octanol–water partition coefficient (Wildman–Crippen LogP) is 2.26. The van der Waals surface area contributed by atoms with Crippen molar-refractivity contribution in [3.05, 3.63) is 0 Å². The van der Waals surface area contributed by atoms with Crippen LogP contribution in [-0.4, -0.2) is 53.6 Å². The number of carbonyl (C=O) groups excluding carboxylic acids is 2. The number of hydrogen-bond acceptors (Lipinski definition) is 3. The second kappa shape index (κ2) is 5.26. The first kappa shape index (κ1) is 15.1. The van der Waals surface area contributed by atoms with Gasteiger partial charge in [-0.15, -0.1) is 0 Å². The van der Waals surface area contributed by atoms with Crippen molar-refractivity contribution in [1.29, 1.82) is 0 Å². The topological polar surface area (TPSA) is 49.9 Å². The van der Waals surface area contributed by atoms with Gasteiger partial charge in [0.1, 0.15) is 5.60 Å². The average molecular weight is 282 g/mol. The van der Waals surface area contributed by atoms with Gasteiger partial charge in [-0.2, -0.15) is 0 Å². The van der Waals surface area contributed by atoms with Gasteiger partial charge in [0, 0.05) is 26.2 Å². The number of amides is 2. The lowest BCUT2D eigenvalue weighted by molar-refractivity contribution is -0.139. The van der Waals surface area contributed by atoms with Crippen LogP contribution in [0.2, 0.25) is 0 Å². The molecule has 0 N–H and O–H groups in total. The van der Waals surface area contributed by atoms with Gasteiger partial charge in [0.05, 0.1) is 5.41 Å². The lowest BCUT2D eigenvalue weighted by Gasteiger charge is -2.29. The van der Waals surface area contributed by atoms with Crippen LogP contribution in [0.25, 0.3) is 0 Å². The Morgan fingerprint density at radius 3 is 2.20 bits per heavy atom. The molecule has 2 rings (SSSR count). The summed E-state index contributed by atoms with van der Waals surface area (Å²) < 4.78 is 5.38. The van der Waals surface area contributed by atoms with Gasteiger partial charge in [0.25, 0.3) is 0 Å². The lowest BCUT2D eigenvalue weighted by atomic mass is 9.88. The highest BCUT2D eigenvalue weighted by molar-refractivity contribution is 5.84. The van der Waals surface area contributed by atoms with Gasteiger partial charge in [-0.25, -0.2) is 4.79 Å². The van der Waals surface area contributed by atoms with Crippen LogP contribution >= 0.6 is 0 Å². The maximum absolute atomic E-state index is 12.6. The summed E-state index contributed by atoms with van der Waals surface area (Å²) in [4.78, 5) is 28.3. The van der Waals surface area contributed by atoms with Crippen molar-refractivity contribution in [2.75, 3.05) is 26.2 Å². The highest BCUT2D eigenvalue weighted by Crippen LogP contribution is 2.33. The molecule has 0 radical (unpaired) electrons. The largest absolute Gasteiger partial charge is 0.444 e. The summed E-state index contributed by atoms with van der Waals surface area (Å²) in [6.45, 7) is 10.3. The minimum atomic E-state index is -0.491. The van der Waals surface area contributed by atoms with Crippen LogP contribution in [0.5, 0.6) is 0 Å². The van der Waals surface area contributed by atoms with Crippen LogP contribution in [0.1, 0.15) is 47.0 Å². The quantitative estimate of drug-likeness (QED) is 0.741. The number of likely N-dealkylation sites (tertiary alicyclic amines) is 2. The fraction of sp³-hybridized carbons (Fsp3) is 0.867. The van der Waals surface area contributed by atoms with Crippen molar-refractivity contribution in [3.8, 4) is 0 Å². The minimum Gasteiger partial charge on any atom is -0.444 e. The lowest BCUT2D eigenvalue weighted by Crippen LogP contribution is -2.44. The predicted molar refractivity (Wildman–Crippen MR) is 76.3 cm³/mol. The Morgan fingerprint density at radius 2 is 1.65 bits per heavy atom. The van der Waals surface area contributed by atoms with Crippen molar-refractivity contribution in [2.24, 2.45) is 5.41 Å². The van der Waals surface area contributed by atoms with Crippen LogP contribution in [0.3, 0.4) is 0 Å². The summed E-state index contributed by atoms with van der Waals surface area (Å²) >= 11 is 0. The van der Waals surface area contributed by atoms with E-state index < -0.39 is 11.0 Å². The second-order valence-corrected chi connectivity index (χ2v) is 7.21. The Hall–Kier alpha value is -1.26. The molecule has 2 saturated heterocycles. The summed E-state index contributed by atoms with van der Waals surface area (Å²) in [7, 11) is 0. The van der Waals surface area contributed by atoms with E-state index in [1.165, 1.54) is 0 Å². The van der Waals surface area contributed by atoms with E-state index in [4.69, 9.17) is 4.74 Å². The molecule has 2 heterocycles. The molecule has 0 aromatic rings. The summed E-state index contributed by atoms with van der Waals surface area (Å²) in [5.74, 6) is 0.195. The third-order valence-corrected chi connectivity index (χ3v) is 4.03. The summed E-state index contributed by atoms with van der Waals surface area (Å²) in [5.41, 5.74) is -0.934.